The molecule has 3 aromatic heterocycles. The summed E-state index contributed by atoms with van der Waals surface area (Å²) in [6.07, 6.45) is 1.89. The van der Waals surface area contributed by atoms with Crippen LogP contribution in [0.1, 0.15) is 11.6 Å². The number of carbonyl (C=O) groups is 1. The van der Waals surface area contributed by atoms with Crippen LogP contribution < -0.4 is 5.32 Å². The topological polar surface area (TPSA) is 85.8 Å². The van der Waals surface area contributed by atoms with Gasteiger partial charge in [0.15, 0.2) is 0 Å². The molecule has 0 atom stereocenters. The van der Waals surface area contributed by atoms with Gasteiger partial charge in [-0.1, -0.05) is 12.1 Å². The molecule has 0 saturated heterocycles. The van der Waals surface area contributed by atoms with E-state index in [1.807, 2.05) is 54.1 Å². The van der Waals surface area contributed by atoms with E-state index in [4.69, 9.17) is 4.42 Å². The molecule has 1 amide bonds. The van der Waals surface area contributed by atoms with Gasteiger partial charge in [0.05, 0.1) is 0 Å². The molecule has 0 saturated carbocycles. The van der Waals surface area contributed by atoms with Crippen molar-refractivity contribution < 1.29 is 9.21 Å². The number of aromatic nitrogens is 4. The van der Waals surface area contributed by atoms with Crippen molar-refractivity contribution in [3.05, 3.63) is 60.2 Å². The Labute approximate surface area is 149 Å². The van der Waals surface area contributed by atoms with Crippen LogP contribution in [0.5, 0.6) is 0 Å². The molecular formula is C19H17N5O2. The monoisotopic (exact) mass is 347 g/mol. The fourth-order valence-corrected chi connectivity index (χ4v) is 2.82. The van der Waals surface area contributed by atoms with Gasteiger partial charge in [-0.05, 0) is 42.6 Å². The van der Waals surface area contributed by atoms with Gasteiger partial charge in [-0.25, -0.2) is 4.98 Å². The number of anilines is 1. The van der Waals surface area contributed by atoms with Gasteiger partial charge in [0.1, 0.15) is 12.4 Å². The largest absolute Gasteiger partial charge is 0.421 e. The number of rotatable bonds is 4. The third kappa shape index (κ3) is 3.19. The number of benzene rings is 1. The smallest absolute Gasteiger partial charge is 0.247 e. The van der Waals surface area contributed by atoms with Crippen LogP contribution >= 0.6 is 0 Å². The lowest BCUT2D eigenvalue weighted by atomic mass is 10.1. The van der Waals surface area contributed by atoms with E-state index in [1.54, 1.807) is 13.0 Å². The third-order valence-corrected chi connectivity index (χ3v) is 4.02. The Hall–Kier alpha value is -3.48. The predicted molar refractivity (Wildman–Crippen MR) is 97.6 cm³/mol. The molecule has 0 aliphatic heterocycles. The molecule has 26 heavy (non-hydrogen) atoms. The standard InChI is InChI=1S/C19H17N5O2/c1-12-4-3-5-17(20-12)21-18(25)11-24-9-8-14-6-7-15(10-16(14)24)19-23-22-13(2)26-19/h3-10H,11H2,1-2H3,(H,20,21,25). The quantitative estimate of drug-likeness (QED) is 0.612. The molecule has 1 aromatic carbocycles. The summed E-state index contributed by atoms with van der Waals surface area (Å²) in [5.41, 5.74) is 2.60. The second-order valence-electron chi connectivity index (χ2n) is 6.06. The summed E-state index contributed by atoms with van der Waals surface area (Å²) in [5.74, 6) is 1.39. The molecule has 1 N–H and O–H groups in total. The Morgan fingerprint density at radius 1 is 1.15 bits per heavy atom. The molecule has 7 heteroatoms. The van der Waals surface area contributed by atoms with Gasteiger partial charge in [-0.3, -0.25) is 4.79 Å². The first-order valence-corrected chi connectivity index (χ1v) is 8.21. The van der Waals surface area contributed by atoms with Crippen LogP contribution in [0.2, 0.25) is 0 Å². The number of fused-ring (bicyclic) bond motifs is 1. The first-order valence-electron chi connectivity index (χ1n) is 8.21. The molecule has 3 heterocycles. The van der Waals surface area contributed by atoms with Crippen LogP contribution in [-0.4, -0.2) is 25.7 Å². The average Bonchev–Trinajstić information content (AvgIpc) is 3.21. The summed E-state index contributed by atoms with van der Waals surface area (Å²) in [5, 5.41) is 11.8. The maximum atomic E-state index is 12.4. The minimum atomic E-state index is -0.139. The Bertz CT molecular complexity index is 1100. The number of amides is 1. The molecule has 4 rings (SSSR count). The van der Waals surface area contributed by atoms with Crippen molar-refractivity contribution >= 4 is 22.6 Å². The van der Waals surface area contributed by atoms with E-state index in [9.17, 15) is 4.79 Å². The molecule has 130 valence electrons. The van der Waals surface area contributed by atoms with Gasteiger partial charge in [0.2, 0.25) is 17.7 Å². The van der Waals surface area contributed by atoms with E-state index in [0.717, 1.165) is 22.2 Å². The maximum Gasteiger partial charge on any atom is 0.247 e. The SMILES string of the molecule is Cc1cccc(NC(=O)Cn2ccc3ccc(-c4nnc(C)o4)cc32)n1. The Morgan fingerprint density at radius 2 is 2.04 bits per heavy atom. The summed E-state index contributed by atoms with van der Waals surface area (Å²) in [6.45, 7) is 3.82. The molecule has 0 aliphatic carbocycles. The second-order valence-corrected chi connectivity index (χ2v) is 6.06. The number of carbonyl (C=O) groups excluding carboxylic acids is 1. The average molecular weight is 347 g/mol. The molecule has 0 aliphatic rings. The van der Waals surface area contributed by atoms with Crippen molar-refractivity contribution in [2.24, 2.45) is 0 Å². The van der Waals surface area contributed by atoms with E-state index >= 15 is 0 Å². The van der Waals surface area contributed by atoms with Crippen LogP contribution in [0, 0.1) is 13.8 Å². The second kappa shape index (κ2) is 6.44. The van der Waals surface area contributed by atoms with Gasteiger partial charge < -0.3 is 14.3 Å². The molecular weight excluding hydrogens is 330 g/mol. The number of hydrogen-bond donors (Lipinski definition) is 1. The van der Waals surface area contributed by atoms with Crippen LogP contribution in [-0.2, 0) is 11.3 Å². The molecule has 0 spiro atoms. The number of pyridine rings is 1. The van der Waals surface area contributed by atoms with Gasteiger partial charge in [0.25, 0.3) is 0 Å². The summed E-state index contributed by atoms with van der Waals surface area (Å²) >= 11 is 0. The van der Waals surface area contributed by atoms with Crippen molar-refractivity contribution in [3.63, 3.8) is 0 Å². The zero-order chi connectivity index (χ0) is 18.1. The zero-order valence-electron chi connectivity index (χ0n) is 14.4. The van der Waals surface area contributed by atoms with E-state index in [1.165, 1.54) is 0 Å². The van der Waals surface area contributed by atoms with E-state index in [-0.39, 0.29) is 12.5 Å². The van der Waals surface area contributed by atoms with E-state index < -0.39 is 0 Å². The number of aryl methyl sites for hydroxylation is 2. The minimum absolute atomic E-state index is 0.139. The first-order chi connectivity index (χ1) is 12.6. The molecule has 4 aromatic rings. The lowest BCUT2D eigenvalue weighted by Gasteiger charge is -2.08. The number of nitrogens with one attached hydrogen (secondary N) is 1. The van der Waals surface area contributed by atoms with Crippen LogP contribution in [0.25, 0.3) is 22.4 Å². The van der Waals surface area contributed by atoms with Gasteiger partial charge in [0, 0.05) is 29.9 Å². The molecule has 0 radical (unpaired) electrons. The van der Waals surface area contributed by atoms with Gasteiger partial charge in [-0.15, -0.1) is 10.2 Å². The molecule has 0 fully saturated rings. The van der Waals surface area contributed by atoms with Crippen molar-refractivity contribution in [3.8, 4) is 11.5 Å². The molecule has 7 nitrogen and oxygen atoms in total. The normalized spacial score (nSPS) is 11.0. The van der Waals surface area contributed by atoms with E-state index in [0.29, 0.717) is 17.6 Å². The highest BCUT2D eigenvalue weighted by Crippen LogP contribution is 2.24. The molecule has 0 bridgehead atoms. The highest BCUT2D eigenvalue weighted by Gasteiger charge is 2.11. The Morgan fingerprint density at radius 3 is 2.81 bits per heavy atom. The first kappa shape index (κ1) is 16.0. The van der Waals surface area contributed by atoms with E-state index in [2.05, 4.69) is 20.5 Å². The fraction of sp³-hybridized carbons (Fsp3) is 0.158. The lowest BCUT2D eigenvalue weighted by Crippen LogP contribution is -2.19. The summed E-state index contributed by atoms with van der Waals surface area (Å²) in [7, 11) is 0. The Kier molecular flexibility index (Phi) is 3.96. The van der Waals surface area contributed by atoms with Crippen molar-refractivity contribution in [1.82, 2.24) is 19.7 Å². The van der Waals surface area contributed by atoms with Crippen LogP contribution in [0.3, 0.4) is 0 Å². The van der Waals surface area contributed by atoms with Gasteiger partial charge in [-0.2, -0.15) is 0 Å². The van der Waals surface area contributed by atoms with Crippen LogP contribution in [0.15, 0.2) is 53.1 Å². The lowest BCUT2D eigenvalue weighted by molar-refractivity contribution is -0.116. The maximum absolute atomic E-state index is 12.4. The van der Waals surface area contributed by atoms with Gasteiger partial charge >= 0.3 is 0 Å². The summed E-state index contributed by atoms with van der Waals surface area (Å²) < 4.78 is 7.37. The minimum Gasteiger partial charge on any atom is -0.421 e. The zero-order valence-corrected chi connectivity index (χ0v) is 14.4. The summed E-state index contributed by atoms with van der Waals surface area (Å²) in [6, 6.07) is 13.3. The van der Waals surface area contributed by atoms with Crippen LogP contribution in [0.4, 0.5) is 5.82 Å². The summed E-state index contributed by atoms with van der Waals surface area (Å²) in [4.78, 5) is 16.7. The fourth-order valence-electron chi connectivity index (χ4n) is 2.82. The molecule has 0 unspecified atom stereocenters. The van der Waals surface area contributed by atoms with Crippen molar-refractivity contribution in [2.75, 3.05) is 5.32 Å². The predicted octanol–water partition coefficient (Wildman–Crippen LogP) is 3.34. The Balaban J connectivity index is 1.59. The van der Waals surface area contributed by atoms with Crippen molar-refractivity contribution in [2.45, 2.75) is 20.4 Å². The number of nitrogens with zero attached hydrogens (tertiary/aromatic N) is 4. The highest BCUT2D eigenvalue weighted by molar-refractivity contribution is 5.91. The van der Waals surface area contributed by atoms with Crippen molar-refractivity contribution in [1.29, 1.82) is 0 Å². The third-order valence-electron chi connectivity index (χ3n) is 4.02. The number of hydrogen-bond acceptors (Lipinski definition) is 5. The highest BCUT2D eigenvalue weighted by atomic mass is 16.4.